The van der Waals surface area contributed by atoms with Gasteiger partial charge in [-0.15, -0.1) is 0 Å². The number of pyridine rings is 1. The number of amides is 1. The monoisotopic (exact) mass is 304 g/mol. The van der Waals surface area contributed by atoms with Crippen molar-refractivity contribution in [3.05, 3.63) is 23.9 Å². The Kier molecular flexibility index (Phi) is 5.43. The van der Waals surface area contributed by atoms with Gasteiger partial charge >= 0.3 is 0 Å². The number of hydrogen-bond donors (Lipinski definition) is 1. The van der Waals surface area contributed by atoms with Crippen LogP contribution in [-0.4, -0.2) is 23.5 Å². The van der Waals surface area contributed by atoms with Gasteiger partial charge in [-0.2, -0.15) is 0 Å². The maximum absolute atomic E-state index is 12.2. The molecule has 1 saturated carbocycles. The quantitative estimate of drug-likeness (QED) is 0.900. The molecule has 0 spiro atoms. The van der Waals surface area contributed by atoms with Crippen molar-refractivity contribution in [2.45, 2.75) is 59.4 Å². The van der Waals surface area contributed by atoms with Crippen molar-refractivity contribution in [2.75, 3.05) is 6.61 Å². The third-order valence-corrected chi connectivity index (χ3v) is 4.59. The van der Waals surface area contributed by atoms with Crippen molar-refractivity contribution in [2.24, 2.45) is 11.3 Å². The standard InChI is InChI=1S/C18H28N2O2/c1-13(18(2,3)4)20-17(21)15-9-10-16(19-11-15)22-12-14-7-5-6-8-14/h9-11,13-14H,5-8,12H2,1-4H3,(H,20,21)/t13-/m1/s1. The normalized spacial score (nSPS) is 17.3. The van der Waals surface area contributed by atoms with Crippen LogP contribution >= 0.6 is 0 Å². The molecule has 0 aromatic carbocycles. The zero-order chi connectivity index (χ0) is 16.2. The summed E-state index contributed by atoms with van der Waals surface area (Å²) in [5.74, 6) is 1.18. The van der Waals surface area contributed by atoms with Crippen LogP contribution in [0.2, 0.25) is 0 Å². The van der Waals surface area contributed by atoms with Crippen LogP contribution in [0.1, 0.15) is 63.7 Å². The van der Waals surface area contributed by atoms with Gasteiger partial charge in [0.25, 0.3) is 5.91 Å². The summed E-state index contributed by atoms with van der Waals surface area (Å²) in [6.07, 6.45) is 6.73. The van der Waals surface area contributed by atoms with Crippen molar-refractivity contribution < 1.29 is 9.53 Å². The van der Waals surface area contributed by atoms with Crippen LogP contribution in [0, 0.1) is 11.3 Å². The van der Waals surface area contributed by atoms with E-state index >= 15 is 0 Å². The van der Waals surface area contributed by atoms with E-state index in [0.717, 1.165) is 6.61 Å². The Balaban J connectivity index is 1.86. The lowest BCUT2D eigenvalue weighted by Gasteiger charge is -2.28. The Morgan fingerprint density at radius 3 is 2.59 bits per heavy atom. The number of aromatic nitrogens is 1. The van der Waals surface area contributed by atoms with Gasteiger partial charge in [0.1, 0.15) is 0 Å². The van der Waals surface area contributed by atoms with Crippen LogP contribution in [0.15, 0.2) is 18.3 Å². The van der Waals surface area contributed by atoms with E-state index in [-0.39, 0.29) is 17.4 Å². The van der Waals surface area contributed by atoms with Gasteiger partial charge in [-0.1, -0.05) is 33.6 Å². The van der Waals surface area contributed by atoms with Gasteiger partial charge < -0.3 is 10.1 Å². The minimum atomic E-state index is -0.0859. The molecular weight excluding hydrogens is 276 g/mol. The molecule has 1 N–H and O–H groups in total. The predicted molar refractivity (Wildman–Crippen MR) is 88.1 cm³/mol. The van der Waals surface area contributed by atoms with Crippen LogP contribution in [0.3, 0.4) is 0 Å². The second-order valence-corrected chi connectivity index (χ2v) is 7.41. The maximum atomic E-state index is 12.2. The van der Waals surface area contributed by atoms with Crippen molar-refractivity contribution in [3.8, 4) is 5.88 Å². The first kappa shape index (κ1) is 16.8. The van der Waals surface area contributed by atoms with E-state index in [1.54, 1.807) is 18.3 Å². The average molecular weight is 304 g/mol. The molecule has 4 heteroatoms. The molecule has 1 atom stereocenters. The number of ether oxygens (including phenoxy) is 1. The molecule has 0 saturated heterocycles. The Morgan fingerprint density at radius 2 is 2.05 bits per heavy atom. The van der Waals surface area contributed by atoms with Crippen LogP contribution in [0.25, 0.3) is 0 Å². The Labute approximate surface area is 133 Å². The van der Waals surface area contributed by atoms with Gasteiger partial charge in [0.2, 0.25) is 5.88 Å². The molecule has 1 aromatic rings. The Bertz CT molecular complexity index is 485. The minimum Gasteiger partial charge on any atom is -0.477 e. The largest absolute Gasteiger partial charge is 0.477 e. The first-order valence-corrected chi connectivity index (χ1v) is 8.26. The lowest BCUT2D eigenvalue weighted by Crippen LogP contribution is -2.41. The van der Waals surface area contributed by atoms with Gasteiger partial charge in [0.15, 0.2) is 0 Å². The van der Waals surface area contributed by atoms with Gasteiger partial charge in [-0.3, -0.25) is 4.79 Å². The fourth-order valence-electron chi connectivity index (χ4n) is 2.48. The number of carbonyl (C=O) groups is 1. The smallest absolute Gasteiger partial charge is 0.253 e. The van der Waals surface area contributed by atoms with Gasteiger partial charge in [-0.05, 0) is 37.2 Å². The van der Waals surface area contributed by atoms with Crippen molar-refractivity contribution in [1.29, 1.82) is 0 Å². The summed E-state index contributed by atoms with van der Waals surface area (Å²) in [6, 6.07) is 3.66. The maximum Gasteiger partial charge on any atom is 0.253 e. The zero-order valence-corrected chi connectivity index (χ0v) is 14.2. The number of hydrogen-bond acceptors (Lipinski definition) is 3. The van der Waals surface area contributed by atoms with Crippen LogP contribution in [0.5, 0.6) is 5.88 Å². The van der Waals surface area contributed by atoms with E-state index in [4.69, 9.17) is 4.74 Å². The zero-order valence-electron chi connectivity index (χ0n) is 14.2. The molecule has 4 nitrogen and oxygen atoms in total. The highest BCUT2D eigenvalue weighted by molar-refractivity contribution is 5.94. The summed E-state index contributed by atoms with van der Waals surface area (Å²) in [4.78, 5) is 16.4. The molecule has 22 heavy (non-hydrogen) atoms. The summed E-state index contributed by atoms with van der Waals surface area (Å²) < 4.78 is 5.72. The van der Waals surface area contributed by atoms with Crippen molar-refractivity contribution >= 4 is 5.91 Å². The number of rotatable bonds is 5. The third kappa shape index (κ3) is 4.72. The molecule has 1 aromatic heterocycles. The van der Waals surface area contributed by atoms with Crippen LogP contribution in [0.4, 0.5) is 0 Å². The van der Waals surface area contributed by atoms with E-state index in [1.165, 1.54) is 25.7 Å². The molecule has 0 unspecified atom stereocenters. The molecule has 2 rings (SSSR count). The fraction of sp³-hybridized carbons (Fsp3) is 0.667. The molecule has 1 aliphatic carbocycles. The van der Waals surface area contributed by atoms with E-state index < -0.39 is 0 Å². The highest BCUT2D eigenvalue weighted by atomic mass is 16.5. The van der Waals surface area contributed by atoms with Crippen molar-refractivity contribution in [3.63, 3.8) is 0 Å². The molecule has 0 aliphatic heterocycles. The molecular formula is C18H28N2O2. The minimum absolute atomic E-state index is 0.0351. The molecule has 122 valence electrons. The van der Waals surface area contributed by atoms with E-state index in [9.17, 15) is 4.79 Å². The predicted octanol–water partition coefficient (Wildman–Crippen LogP) is 3.82. The second-order valence-electron chi connectivity index (χ2n) is 7.41. The van der Waals surface area contributed by atoms with E-state index in [0.29, 0.717) is 17.4 Å². The Morgan fingerprint density at radius 1 is 1.36 bits per heavy atom. The summed E-state index contributed by atoms with van der Waals surface area (Å²) >= 11 is 0. The third-order valence-electron chi connectivity index (χ3n) is 4.59. The SMILES string of the molecule is C[C@@H](NC(=O)c1ccc(OCC2CCCC2)nc1)C(C)(C)C. The summed E-state index contributed by atoms with van der Waals surface area (Å²) in [6.45, 7) is 9.08. The highest BCUT2D eigenvalue weighted by Gasteiger charge is 2.22. The van der Waals surface area contributed by atoms with Gasteiger partial charge in [-0.25, -0.2) is 4.98 Å². The topological polar surface area (TPSA) is 51.2 Å². The molecule has 1 fully saturated rings. The van der Waals surface area contributed by atoms with Gasteiger partial charge in [0, 0.05) is 18.3 Å². The lowest BCUT2D eigenvalue weighted by molar-refractivity contribution is 0.0909. The van der Waals surface area contributed by atoms with Crippen LogP contribution < -0.4 is 10.1 Å². The second kappa shape index (κ2) is 7.12. The number of nitrogens with one attached hydrogen (secondary N) is 1. The summed E-state index contributed by atoms with van der Waals surface area (Å²) in [7, 11) is 0. The molecule has 1 aliphatic rings. The fourth-order valence-corrected chi connectivity index (χ4v) is 2.48. The van der Waals surface area contributed by atoms with E-state index in [2.05, 4.69) is 31.1 Å². The number of carbonyl (C=O) groups excluding carboxylic acids is 1. The molecule has 1 heterocycles. The number of nitrogens with zero attached hydrogens (tertiary/aromatic N) is 1. The molecule has 0 radical (unpaired) electrons. The Hall–Kier alpha value is -1.58. The lowest BCUT2D eigenvalue weighted by atomic mass is 9.88. The summed E-state index contributed by atoms with van der Waals surface area (Å²) in [5, 5.41) is 3.01. The summed E-state index contributed by atoms with van der Waals surface area (Å²) in [5.41, 5.74) is 0.609. The average Bonchev–Trinajstić information content (AvgIpc) is 2.98. The van der Waals surface area contributed by atoms with E-state index in [1.807, 2.05) is 6.92 Å². The molecule has 0 bridgehead atoms. The first-order chi connectivity index (χ1) is 10.4. The van der Waals surface area contributed by atoms with Gasteiger partial charge in [0.05, 0.1) is 12.2 Å². The van der Waals surface area contributed by atoms with Crippen molar-refractivity contribution in [1.82, 2.24) is 10.3 Å². The molecule has 1 amide bonds. The highest BCUT2D eigenvalue weighted by Crippen LogP contribution is 2.25. The van der Waals surface area contributed by atoms with Crippen LogP contribution in [-0.2, 0) is 0 Å². The first-order valence-electron chi connectivity index (χ1n) is 8.26.